The van der Waals surface area contributed by atoms with Gasteiger partial charge in [0.15, 0.2) is 0 Å². The van der Waals surface area contributed by atoms with Gasteiger partial charge in [0.2, 0.25) is 5.91 Å². The number of nitrogens with one attached hydrogen (secondary N) is 1. The molecule has 1 aliphatic heterocycles. The topological polar surface area (TPSA) is 84.3 Å². The highest BCUT2D eigenvalue weighted by atomic mass is 79.9. The molecule has 3 amide bonds. The highest BCUT2D eigenvalue weighted by Crippen LogP contribution is 2.32. The molecule has 0 atom stereocenters. The van der Waals surface area contributed by atoms with Crippen LogP contribution in [0, 0.1) is 0 Å². The van der Waals surface area contributed by atoms with Gasteiger partial charge in [-0.25, -0.2) is 0 Å². The molecule has 1 aromatic carbocycles. The molecule has 1 aromatic heterocycles. The van der Waals surface area contributed by atoms with E-state index in [-0.39, 0.29) is 30.1 Å². The molecule has 0 unspecified atom stereocenters. The Morgan fingerprint density at radius 2 is 2.11 bits per heavy atom. The van der Waals surface area contributed by atoms with Crippen LogP contribution in [0.2, 0.25) is 0 Å². The number of carbonyl (C=O) groups excluding carboxylic acids is 3. The summed E-state index contributed by atoms with van der Waals surface area (Å²) in [6.45, 7) is 1.07. The molecule has 0 saturated carbocycles. The number of aryl methyl sites for hydroxylation is 1. The Morgan fingerprint density at radius 1 is 1.25 bits per heavy atom. The van der Waals surface area contributed by atoms with Crippen molar-refractivity contribution >= 4 is 50.8 Å². The second-order valence-corrected chi connectivity index (χ2v) is 8.02. The lowest BCUT2D eigenvalue weighted by Crippen LogP contribution is -2.37. The molecule has 2 heterocycles. The van der Waals surface area contributed by atoms with Gasteiger partial charge in [0.25, 0.3) is 11.1 Å². The molecule has 1 N–H and O–H groups in total. The maximum absolute atomic E-state index is 12.5. The molecule has 1 saturated heterocycles. The Morgan fingerprint density at radius 3 is 2.86 bits per heavy atom. The zero-order chi connectivity index (χ0) is 19.9. The third kappa shape index (κ3) is 5.56. The summed E-state index contributed by atoms with van der Waals surface area (Å²) in [5.74, 6) is -0.438. The fourth-order valence-electron chi connectivity index (χ4n) is 2.67. The lowest BCUT2D eigenvalue weighted by molar-refractivity contribution is -0.124. The summed E-state index contributed by atoms with van der Waals surface area (Å²) >= 11 is 4.30. The fraction of sp³-hybridized carbons (Fsp3) is 0.263. The quantitative estimate of drug-likeness (QED) is 0.608. The number of nitrogens with zero attached hydrogens (tertiary/aromatic N) is 3. The summed E-state index contributed by atoms with van der Waals surface area (Å²) in [7, 11) is 0. The maximum Gasteiger partial charge on any atom is 0.293 e. The lowest BCUT2D eigenvalue weighted by Gasteiger charge is -2.13. The first-order chi connectivity index (χ1) is 13.5. The van der Waals surface area contributed by atoms with Gasteiger partial charge in [-0.05, 0) is 48.0 Å². The number of halogens is 1. The van der Waals surface area contributed by atoms with E-state index >= 15 is 0 Å². The van der Waals surface area contributed by atoms with Crippen molar-refractivity contribution in [2.75, 3.05) is 13.1 Å². The molecular weight excluding hydrogens is 444 g/mol. The highest BCUT2D eigenvalue weighted by Gasteiger charge is 2.34. The average Bonchev–Trinajstić information content (AvgIpc) is 3.25. The van der Waals surface area contributed by atoms with Crippen LogP contribution in [-0.2, 0) is 16.1 Å². The number of aromatic nitrogens is 2. The van der Waals surface area contributed by atoms with Crippen LogP contribution in [0.25, 0.3) is 6.08 Å². The van der Waals surface area contributed by atoms with E-state index < -0.39 is 0 Å². The Balaban J connectivity index is 1.44. The van der Waals surface area contributed by atoms with E-state index in [0.29, 0.717) is 24.3 Å². The van der Waals surface area contributed by atoms with Crippen molar-refractivity contribution in [3.05, 3.63) is 57.7 Å². The van der Waals surface area contributed by atoms with Crippen molar-refractivity contribution in [3.8, 4) is 0 Å². The van der Waals surface area contributed by atoms with Crippen molar-refractivity contribution in [2.45, 2.75) is 19.4 Å². The lowest BCUT2D eigenvalue weighted by atomic mass is 10.2. The summed E-state index contributed by atoms with van der Waals surface area (Å²) in [6.07, 6.45) is 6.28. The number of rotatable bonds is 8. The molecule has 146 valence electrons. The van der Waals surface area contributed by atoms with Gasteiger partial charge in [0, 0.05) is 42.9 Å². The minimum atomic E-state index is -0.331. The molecule has 2 aromatic rings. The second kappa shape index (κ2) is 9.70. The van der Waals surface area contributed by atoms with Crippen LogP contribution in [-0.4, -0.2) is 44.8 Å². The minimum Gasteiger partial charge on any atom is -0.354 e. The van der Waals surface area contributed by atoms with Crippen molar-refractivity contribution in [1.29, 1.82) is 0 Å². The molecule has 0 spiro atoms. The van der Waals surface area contributed by atoms with Gasteiger partial charge in [0.05, 0.1) is 4.91 Å². The SMILES string of the molecule is O=C(CCCn1cccn1)NCCN1C(=O)S/C(=C\c2cccc(Br)c2)C1=O. The van der Waals surface area contributed by atoms with E-state index in [1.165, 1.54) is 4.90 Å². The molecule has 0 bridgehead atoms. The standard InChI is InChI=1S/C19H19BrN4O3S/c20-15-5-1-4-14(12-15)13-16-18(26)24(19(27)28-16)11-8-21-17(25)6-2-9-23-10-3-7-22-23/h1,3-5,7,10,12-13H,2,6,8-9,11H2,(H,21,25)/b16-13-. The Hall–Kier alpha value is -2.39. The fourth-order valence-corrected chi connectivity index (χ4v) is 3.95. The largest absolute Gasteiger partial charge is 0.354 e. The van der Waals surface area contributed by atoms with E-state index in [1.54, 1.807) is 17.0 Å². The second-order valence-electron chi connectivity index (χ2n) is 6.11. The summed E-state index contributed by atoms with van der Waals surface area (Å²) in [5, 5.41) is 6.51. The molecule has 28 heavy (non-hydrogen) atoms. The number of benzene rings is 1. The number of hydrogen-bond acceptors (Lipinski definition) is 5. The van der Waals surface area contributed by atoms with E-state index in [1.807, 2.05) is 36.5 Å². The predicted molar refractivity (Wildman–Crippen MR) is 111 cm³/mol. The van der Waals surface area contributed by atoms with Crippen LogP contribution in [0.4, 0.5) is 4.79 Å². The molecule has 1 fully saturated rings. The Kier molecular flexibility index (Phi) is 7.05. The highest BCUT2D eigenvalue weighted by molar-refractivity contribution is 9.10. The van der Waals surface area contributed by atoms with Gasteiger partial charge >= 0.3 is 0 Å². The van der Waals surface area contributed by atoms with E-state index in [0.717, 1.165) is 21.8 Å². The summed E-state index contributed by atoms with van der Waals surface area (Å²) < 4.78 is 2.67. The number of imide groups is 1. The molecule has 9 heteroatoms. The molecule has 3 rings (SSSR count). The number of thioether (sulfide) groups is 1. The average molecular weight is 463 g/mol. The van der Waals surface area contributed by atoms with Gasteiger partial charge in [-0.15, -0.1) is 0 Å². The zero-order valence-electron chi connectivity index (χ0n) is 15.0. The van der Waals surface area contributed by atoms with Crippen LogP contribution in [0.15, 0.2) is 52.1 Å². The van der Waals surface area contributed by atoms with Crippen molar-refractivity contribution < 1.29 is 14.4 Å². The third-order valence-corrected chi connectivity index (χ3v) is 5.43. The van der Waals surface area contributed by atoms with Crippen LogP contribution >= 0.6 is 27.7 Å². The first kappa shape index (κ1) is 20.3. The van der Waals surface area contributed by atoms with E-state index in [9.17, 15) is 14.4 Å². The summed E-state index contributed by atoms with van der Waals surface area (Å²) in [6, 6.07) is 9.32. The first-order valence-corrected chi connectivity index (χ1v) is 10.4. The monoisotopic (exact) mass is 462 g/mol. The van der Waals surface area contributed by atoms with Crippen molar-refractivity contribution in [2.24, 2.45) is 0 Å². The molecule has 0 radical (unpaired) electrons. The van der Waals surface area contributed by atoms with Crippen molar-refractivity contribution in [1.82, 2.24) is 20.0 Å². The van der Waals surface area contributed by atoms with Gasteiger partial charge < -0.3 is 5.32 Å². The number of amides is 3. The number of hydrogen-bond donors (Lipinski definition) is 1. The minimum absolute atomic E-state index is 0.108. The summed E-state index contributed by atoms with van der Waals surface area (Å²) in [5.41, 5.74) is 0.838. The van der Waals surface area contributed by atoms with Gasteiger partial charge in [0.1, 0.15) is 0 Å². The molecular formula is C19H19BrN4O3S. The zero-order valence-corrected chi connectivity index (χ0v) is 17.4. The van der Waals surface area contributed by atoms with Gasteiger partial charge in [-0.1, -0.05) is 28.1 Å². The van der Waals surface area contributed by atoms with Crippen molar-refractivity contribution in [3.63, 3.8) is 0 Å². The van der Waals surface area contributed by atoms with Crippen LogP contribution < -0.4 is 5.32 Å². The van der Waals surface area contributed by atoms with Crippen LogP contribution in [0.3, 0.4) is 0 Å². The number of carbonyl (C=O) groups is 3. The third-order valence-electron chi connectivity index (χ3n) is 4.03. The Bertz CT molecular complexity index is 898. The molecule has 7 nitrogen and oxygen atoms in total. The molecule has 0 aliphatic carbocycles. The van der Waals surface area contributed by atoms with E-state index in [2.05, 4.69) is 26.3 Å². The normalized spacial score (nSPS) is 15.5. The summed E-state index contributed by atoms with van der Waals surface area (Å²) in [4.78, 5) is 38.0. The van der Waals surface area contributed by atoms with Crippen LogP contribution in [0.5, 0.6) is 0 Å². The van der Waals surface area contributed by atoms with E-state index in [4.69, 9.17) is 0 Å². The predicted octanol–water partition coefficient (Wildman–Crippen LogP) is 3.28. The first-order valence-electron chi connectivity index (χ1n) is 8.78. The maximum atomic E-state index is 12.5. The van der Waals surface area contributed by atoms with Gasteiger partial charge in [-0.2, -0.15) is 5.10 Å². The Labute approximate surface area is 175 Å². The smallest absolute Gasteiger partial charge is 0.293 e. The molecule has 1 aliphatic rings. The van der Waals surface area contributed by atoms with Gasteiger partial charge in [-0.3, -0.25) is 24.0 Å². The van der Waals surface area contributed by atoms with Crippen LogP contribution in [0.1, 0.15) is 18.4 Å².